The fourth-order valence-electron chi connectivity index (χ4n) is 4.45. The SMILES string of the molecule is CCCC1(C(=O)CCC2CCCCC2)CCCCC1. The van der Waals surface area contributed by atoms with Gasteiger partial charge in [0, 0.05) is 11.8 Å². The minimum atomic E-state index is 0.0989. The number of Topliss-reactive ketones (excluding diaryl/α,β-unsaturated/α-hetero) is 1. The predicted molar refractivity (Wildman–Crippen MR) is 81.2 cm³/mol. The molecule has 110 valence electrons. The zero-order valence-corrected chi connectivity index (χ0v) is 12.9. The highest BCUT2D eigenvalue weighted by molar-refractivity contribution is 5.84. The molecule has 0 aromatic rings. The standard InChI is InChI=1S/C18H32O/c1-2-13-18(14-7-4-8-15-18)17(19)12-11-16-9-5-3-6-10-16/h16H,2-15H2,1H3. The average molecular weight is 264 g/mol. The molecule has 0 bridgehead atoms. The summed E-state index contributed by atoms with van der Waals surface area (Å²) in [6.45, 7) is 2.24. The molecule has 0 radical (unpaired) electrons. The minimum absolute atomic E-state index is 0.0989. The van der Waals surface area contributed by atoms with Gasteiger partial charge in [-0.1, -0.05) is 64.7 Å². The molecule has 0 saturated heterocycles. The molecule has 0 aromatic heterocycles. The molecule has 2 rings (SSSR count). The van der Waals surface area contributed by atoms with Crippen LogP contribution in [0.2, 0.25) is 0 Å². The smallest absolute Gasteiger partial charge is 0.139 e. The van der Waals surface area contributed by atoms with Crippen molar-refractivity contribution in [3.8, 4) is 0 Å². The first-order chi connectivity index (χ1) is 9.27. The molecule has 2 aliphatic rings. The molecule has 2 saturated carbocycles. The molecule has 1 heteroatoms. The first kappa shape index (κ1) is 15.1. The first-order valence-corrected chi connectivity index (χ1v) is 8.80. The van der Waals surface area contributed by atoms with Gasteiger partial charge in [-0.25, -0.2) is 0 Å². The zero-order chi connectivity index (χ0) is 13.6. The van der Waals surface area contributed by atoms with E-state index in [-0.39, 0.29) is 5.41 Å². The lowest BCUT2D eigenvalue weighted by molar-refractivity contribution is -0.131. The second-order valence-corrected chi connectivity index (χ2v) is 7.06. The summed E-state index contributed by atoms with van der Waals surface area (Å²) in [6.07, 6.45) is 17.7. The Kier molecular flexibility index (Phi) is 5.91. The topological polar surface area (TPSA) is 17.1 Å². The van der Waals surface area contributed by atoms with E-state index in [0.29, 0.717) is 5.78 Å². The molecule has 1 nitrogen and oxygen atoms in total. The number of rotatable bonds is 6. The molecular weight excluding hydrogens is 232 g/mol. The predicted octanol–water partition coefficient (Wildman–Crippen LogP) is 5.67. The lowest BCUT2D eigenvalue weighted by Crippen LogP contribution is -2.33. The third-order valence-corrected chi connectivity index (χ3v) is 5.64. The first-order valence-electron chi connectivity index (χ1n) is 8.80. The van der Waals surface area contributed by atoms with Gasteiger partial charge in [0.1, 0.15) is 5.78 Å². The van der Waals surface area contributed by atoms with Crippen molar-refractivity contribution in [3.63, 3.8) is 0 Å². The average Bonchev–Trinajstić information content (AvgIpc) is 2.47. The second kappa shape index (κ2) is 7.45. The molecule has 0 N–H and O–H groups in total. The Balaban J connectivity index is 1.84. The Labute approximate surface area is 119 Å². The van der Waals surface area contributed by atoms with Crippen LogP contribution in [-0.2, 0) is 4.79 Å². The van der Waals surface area contributed by atoms with Crippen molar-refractivity contribution >= 4 is 5.78 Å². The van der Waals surface area contributed by atoms with Gasteiger partial charge in [0.05, 0.1) is 0 Å². The maximum absolute atomic E-state index is 12.8. The maximum atomic E-state index is 12.8. The summed E-state index contributed by atoms with van der Waals surface area (Å²) in [5, 5.41) is 0. The van der Waals surface area contributed by atoms with Crippen LogP contribution in [0.3, 0.4) is 0 Å². The number of hydrogen-bond donors (Lipinski definition) is 0. The van der Waals surface area contributed by atoms with E-state index in [1.807, 2.05) is 0 Å². The molecule has 0 aliphatic heterocycles. The van der Waals surface area contributed by atoms with Gasteiger partial charge < -0.3 is 0 Å². The van der Waals surface area contributed by atoms with Gasteiger partial charge in [-0.05, 0) is 31.6 Å². The number of carbonyl (C=O) groups is 1. The Morgan fingerprint density at radius 1 is 1.00 bits per heavy atom. The number of ketones is 1. The van der Waals surface area contributed by atoms with Crippen molar-refractivity contribution in [2.75, 3.05) is 0 Å². The van der Waals surface area contributed by atoms with Crippen molar-refractivity contribution in [2.45, 2.75) is 96.8 Å². The summed E-state index contributed by atoms with van der Waals surface area (Å²) >= 11 is 0. The largest absolute Gasteiger partial charge is 0.299 e. The van der Waals surface area contributed by atoms with E-state index in [0.717, 1.165) is 18.8 Å². The monoisotopic (exact) mass is 264 g/mol. The highest BCUT2D eigenvalue weighted by atomic mass is 16.1. The third kappa shape index (κ3) is 4.07. The van der Waals surface area contributed by atoms with E-state index in [9.17, 15) is 4.79 Å². The summed E-state index contributed by atoms with van der Waals surface area (Å²) in [6, 6.07) is 0. The molecule has 0 spiro atoms. The quantitative estimate of drug-likeness (QED) is 0.604. The van der Waals surface area contributed by atoms with Gasteiger partial charge in [-0.2, -0.15) is 0 Å². The van der Waals surface area contributed by atoms with Gasteiger partial charge in [-0.3, -0.25) is 4.79 Å². The van der Waals surface area contributed by atoms with Crippen LogP contribution < -0.4 is 0 Å². The molecule has 0 aromatic carbocycles. The Morgan fingerprint density at radius 3 is 2.26 bits per heavy atom. The van der Waals surface area contributed by atoms with E-state index >= 15 is 0 Å². The summed E-state index contributed by atoms with van der Waals surface area (Å²) in [5.74, 6) is 1.49. The summed E-state index contributed by atoms with van der Waals surface area (Å²) < 4.78 is 0. The van der Waals surface area contributed by atoms with Crippen molar-refractivity contribution < 1.29 is 4.79 Å². The molecular formula is C18H32O. The fourth-order valence-corrected chi connectivity index (χ4v) is 4.45. The van der Waals surface area contributed by atoms with E-state index < -0.39 is 0 Å². The van der Waals surface area contributed by atoms with Crippen LogP contribution in [-0.4, -0.2) is 5.78 Å². The van der Waals surface area contributed by atoms with Crippen molar-refractivity contribution in [1.29, 1.82) is 0 Å². The maximum Gasteiger partial charge on any atom is 0.139 e. The molecule has 0 unspecified atom stereocenters. The van der Waals surface area contributed by atoms with Crippen LogP contribution in [0, 0.1) is 11.3 Å². The molecule has 0 atom stereocenters. The molecule has 2 aliphatic carbocycles. The van der Waals surface area contributed by atoms with Crippen molar-refractivity contribution in [2.24, 2.45) is 11.3 Å². The Hall–Kier alpha value is -0.330. The van der Waals surface area contributed by atoms with Gasteiger partial charge in [0.2, 0.25) is 0 Å². The lowest BCUT2D eigenvalue weighted by atomic mass is 9.67. The number of carbonyl (C=O) groups excluding carboxylic acids is 1. The lowest BCUT2D eigenvalue weighted by Gasteiger charge is -2.36. The zero-order valence-electron chi connectivity index (χ0n) is 12.9. The number of hydrogen-bond acceptors (Lipinski definition) is 1. The van der Waals surface area contributed by atoms with Crippen LogP contribution in [0.15, 0.2) is 0 Å². The van der Waals surface area contributed by atoms with Crippen LogP contribution in [0.1, 0.15) is 96.8 Å². The summed E-state index contributed by atoms with van der Waals surface area (Å²) in [4.78, 5) is 12.8. The van der Waals surface area contributed by atoms with Crippen LogP contribution in [0.5, 0.6) is 0 Å². The summed E-state index contributed by atoms with van der Waals surface area (Å²) in [7, 11) is 0. The Morgan fingerprint density at radius 2 is 1.63 bits per heavy atom. The Bertz CT molecular complexity index is 264. The highest BCUT2D eigenvalue weighted by Gasteiger charge is 2.37. The van der Waals surface area contributed by atoms with E-state index in [4.69, 9.17) is 0 Å². The molecule has 0 heterocycles. The molecule has 0 amide bonds. The molecule has 2 fully saturated rings. The third-order valence-electron chi connectivity index (χ3n) is 5.64. The van der Waals surface area contributed by atoms with E-state index in [1.165, 1.54) is 77.0 Å². The second-order valence-electron chi connectivity index (χ2n) is 7.06. The van der Waals surface area contributed by atoms with Gasteiger partial charge >= 0.3 is 0 Å². The van der Waals surface area contributed by atoms with Crippen molar-refractivity contribution in [1.82, 2.24) is 0 Å². The van der Waals surface area contributed by atoms with Gasteiger partial charge in [-0.15, -0.1) is 0 Å². The van der Waals surface area contributed by atoms with Crippen molar-refractivity contribution in [3.05, 3.63) is 0 Å². The minimum Gasteiger partial charge on any atom is -0.299 e. The van der Waals surface area contributed by atoms with E-state index in [1.54, 1.807) is 0 Å². The van der Waals surface area contributed by atoms with Gasteiger partial charge in [0.25, 0.3) is 0 Å². The highest BCUT2D eigenvalue weighted by Crippen LogP contribution is 2.42. The fraction of sp³-hybridized carbons (Fsp3) is 0.944. The van der Waals surface area contributed by atoms with Crippen LogP contribution in [0.4, 0.5) is 0 Å². The van der Waals surface area contributed by atoms with Gasteiger partial charge in [0.15, 0.2) is 0 Å². The van der Waals surface area contributed by atoms with Crippen LogP contribution >= 0.6 is 0 Å². The van der Waals surface area contributed by atoms with E-state index in [2.05, 4.69) is 6.92 Å². The molecule has 19 heavy (non-hydrogen) atoms. The normalized spacial score (nSPS) is 24.3. The summed E-state index contributed by atoms with van der Waals surface area (Å²) in [5.41, 5.74) is 0.0989. The van der Waals surface area contributed by atoms with Crippen LogP contribution in [0.25, 0.3) is 0 Å².